The number of carbonyl (C=O) groups is 1. The number of nitrogens with one attached hydrogen (secondary N) is 1. The lowest BCUT2D eigenvalue weighted by atomic mass is 9.97. The minimum absolute atomic E-state index is 0.189. The summed E-state index contributed by atoms with van der Waals surface area (Å²) in [5.74, 6) is 0.311. The number of carbonyl (C=O) groups excluding carboxylic acids is 1. The zero-order valence-electron chi connectivity index (χ0n) is 11.8. The van der Waals surface area contributed by atoms with Crippen molar-refractivity contribution in [3.05, 3.63) is 35.6 Å². The molecule has 108 valence electrons. The number of rotatable bonds is 4. The van der Waals surface area contributed by atoms with E-state index in [1.54, 1.807) is 0 Å². The summed E-state index contributed by atoms with van der Waals surface area (Å²) in [5.41, 5.74) is 1.13. The SMILES string of the molecule is C[C@H]1C[C@@H](c2ccc(F)cc2)CN1C(=O)CNC1CC1. The van der Waals surface area contributed by atoms with Crippen LogP contribution in [0.25, 0.3) is 0 Å². The first kappa shape index (κ1) is 13.6. The third kappa shape index (κ3) is 3.01. The van der Waals surface area contributed by atoms with Gasteiger partial charge in [-0.05, 0) is 43.9 Å². The minimum Gasteiger partial charge on any atom is -0.338 e. The predicted molar refractivity (Wildman–Crippen MR) is 76.0 cm³/mol. The monoisotopic (exact) mass is 276 g/mol. The Morgan fingerprint density at radius 1 is 1.35 bits per heavy atom. The normalized spacial score (nSPS) is 26.0. The van der Waals surface area contributed by atoms with Gasteiger partial charge in [0.2, 0.25) is 5.91 Å². The Kier molecular flexibility index (Phi) is 3.74. The van der Waals surface area contributed by atoms with Gasteiger partial charge < -0.3 is 10.2 Å². The van der Waals surface area contributed by atoms with Crippen molar-refractivity contribution in [3.8, 4) is 0 Å². The van der Waals surface area contributed by atoms with Gasteiger partial charge in [0.1, 0.15) is 5.82 Å². The lowest BCUT2D eigenvalue weighted by molar-refractivity contribution is -0.130. The van der Waals surface area contributed by atoms with Crippen molar-refractivity contribution in [2.75, 3.05) is 13.1 Å². The molecule has 4 heteroatoms. The Bertz CT molecular complexity index is 484. The summed E-state index contributed by atoms with van der Waals surface area (Å²) in [6, 6.07) is 7.49. The molecule has 1 saturated carbocycles. The van der Waals surface area contributed by atoms with E-state index >= 15 is 0 Å². The molecule has 2 fully saturated rings. The highest BCUT2D eigenvalue weighted by Gasteiger charge is 2.33. The zero-order chi connectivity index (χ0) is 14.1. The molecular weight excluding hydrogens is 255 g/mol. The van der Waals surface area contributed by atoms with E-state index in [0.29, 0.717) is 18.5 Å². The third-order valence-electron chi connectivity index (χ3n) is 4.36. The Balaban J connectivity index is 1.60. The summed E-state index contributed by atoms with van der Waals surface area (Å²) in [5, 5.41) is 3.28. The number of benzene rings is 1. The molecule has 1 saturated heterocycles. The van der Waals surface area contributed by atoms with Crippen LogP contribution in [0.4, 0.5) is 4.39 Å². The predicted octanol–water partition coefficient (Wildman–Crippen LogP) is 2.28. The molecule has 0 spiro atoms. The summed E-state index contributed by atoms with van der Waals surface area (Å²) in [6.45, 7) is 3.29. The fraction of sp³-hybridized carbons (Fsp3) is 0.562. The van der Waals surface area contributed by atoms with Crippen LogP contribution in [0.3, 0.4) is 0 Å². The molecule has 0 aromatic heterocycles. The van der Waals surface area contributed by atoms with Gasteiger partial charge in [-0.2, -0.15) is 0 Å². The second-order valence-corrected chi connectivity index (χ2v) is 6.03. The topological polar surface area (TPSA) is 32.3 Å². The molecule has 2 atom stereocenters. The summed E-state index contributed by atoms with van der Waals surface area (Å²) in [4.78, 5) is 14.2. The molecule has 0 unspecified atom stereocenters. The third-order valence-corrected chi connectivity index (χ3v) is 4.36. The van der Waals surface area contributed by atoms with Crippen LogP contribution in [0.2, 0.25) is 0 Å². The van der Waals surface area contributed by atoms with E-state index in [2.05, 4.69) is 12.2 Å². The van der Waals surface area contributed by atoms with Crippen molar-refractivity contribution >= 4 is 5.91 Å². The second kappa shape index (κ2) is 5.52. The van der Waals surface area contributed by atoms with Gasteiger partial charge >= 0.3 is 0 Å². The van der Waals surface area contributed by atoms with Crippen molar-refractivity contribution in [2.45, 2.75) is 44.2 Å². The number of hydrogen-bond acceptors (Lipinski definition) is 2. The summed E-state index contributed by atoms with van der Waals surface area (Å²) in [6.07, 6.45) is 3.35. The van der Waals surface area contributed by atoms with E-state index in [1.807, 2.05) is 17.0 Å². The average Bonchev–Trinajstić information content (AvgIpc) is 3.19. The molecule has 1 aliphatic heterocycles. The summed E-state index contributed by atoms with van der Waals surface area (Å²) < 4.78 is 13.0. The first-order chi connectivity index (χ1) is 9.63. The van der Waals surface area contributed by atoms with E-state index in [4.69, 9.17) is 0 Å². The highest BCUT2D eigenvalue weighted by Crippen LogP contribution is 2.31. The van der Waals surface area contributed by atoms with Gasteiger partial charge in [-0.25, -0.2) is 4.39 Å². The molecule has 1 heterocycles. The Morgan fingerprint density at radius 3 is 2.70 bits per heavy atom. The smallest absolute Gasteiger partial charge is 0.236 e. The first-order valence-electron chi connectivity index (χ1n) is 7.42. The zero-order valence-corrected chi connectivity index (χ0v) is 11.8. The first-order valence-corrected chi connectivity index (χ1v) is 7.42. The number of nitrogens with zero attached hydrogens (tertiary/aromatic N) is 1. The van der Waals surface area contributed by atoms with Gasteiger partial charge in [0.15, 0.2) is 0 Å². The molecule has 1 aromatic carbocycles. The number of amides is 1. The van der Waals surface area contributed by atoms with E-state index in [-0.39, 0.29) is 17.8 Å². The molecular formula is C16H21FN2O. The van der Waals surface area contributed by atoms with E-state index in [9.17, 15) is 9.18 Å². The molecule has 20 heavy (non-hydrogen) atoms. The van der Waals surface area contributed by atoms with E-state index in [0.717, 1.165) is 18.5 Å². The molecule has 1 amide bonds. The van der Waals surface area contributed by atoms with Gasteiger partial charge in [0.25, 0.3) is 0 Å². The van der Waals surface area contributed by atoms with Gasteiger partial charge in [-0.1, -0.05) is 12.1 Å². The highest BCUT2D eigenvalue weighted by molar-refractivity contribution is 5.79. The standard InChI is InChI=1S/C16H21FN2O/c1-11-8-13(12-2-4-14(17)5-3-12)10-19(11)16(20)9-18-15-6-7-15/h2-5,11,13,15,18H,6-10H2,1H3/t11-,13+/m0/s1. The van der Waals surface area contributed by atoms with Crippen molar-refractivity contribution in [2.24, 2.45) is 0 Å². The van der Waals surface area contributed by atoms with Gasteiger partial charge in [0, 0.05) is 24.5 Å². The second-order valence-electron chi connectivity index (χ2n) is 6.03. The van der Waals surface area contributed by atoms with Crippen LogP contribution in [-0.4, -0.2) is 36.0 Å². The quantitative estimate of drug-likeness (QED) is 0.915. The Morgan fingerprint density at radius 2 is 2.05 bits per heavy atom. The fourth-order valence-corrected chi connectivity index (χ4v) is 2.98. The molecule has 1 aromatic rings. The van der Waals surface area contributed by atoms with E-state index in [1.165, 1.54) is 25.0 Å². The summed E-state index contributed by atoms with van der Waals surface area (Å²) >= 11 is 0. The Hall–Kier alpha value is -1.42. The van der Waals surface area contributed by atoms with Crippen molar-refractivity contribution in [3.63, 3.8) is 0 Å². The lowest BCUT2D eigenvalue weighted by Crippen LogP contribution is -2.40. The van der Waals surface area contributed by atoms with Gasteiger partial charge in [-0.15, -0.1) is 0 Å². The van der Waals surface area contributed by atoms with Gasteiger partial charge in [-0.3, -0.25) is 4.79 Å². The number of likely N-dealkylation sites (tertiary alicyclic amines) is 1. The maximum absolute atomic E-state index is 13.0. The van der Waals surface area contributed by atoms with Crippen LogP contribution in [0, 0.1) is 5.82 Å². The van der Waals surface area contributed by atoms with Crippen LogP contribution in [0.1, 0.15) is 37.7 Å². The van der Waals surface area contributed by atoms with E-state index < -0.39 is 0 Å². The van der Waals surface area contributed by atoms with Crippen LogP contribution in [0.15, 0.2) is 24.3 Å². The summed E-state index contributed by atoms with van der Waals surface area (Å²) in [7, 11) is 0. The molecule has 2 aliphatic rings. The van der Waals surface area contributed by atoms with Crippen LogP contribution >= 0.6 is 0 Å². The van der Waals surface area contributed by atoms with Gasteiger partial charge in [0.05, 0.1) is 6.54 Å². The van der Waals surface area contributed by atoms with Crippen molar-refractivity contribution < 1.29 is 9.18 Å². The maximum Gasteiger partial charge on any atom is 0.236 e. The average molecular weight is 276 g/mol. The minimum atomic E-state index is -0.207. The van der Waals surface area contributed by atoms with Crippen LogP contribution in [0.5, 0.6) is 0 Å². The van der Waals surface area contributed by atoms with Crippen molar-refractivity contribution in [1.82, 2.24) is 10.2 Å². The largest absolute Gasteiger partial charge is 0.338 e. The molecule has 0 radical (unpaired) electrons. The highest BCUT2D eigenvalue weighted by atomic mass is 19.1. The lowest BCUT2D eigenvalue weighted by Gasteiger charge is -2.21. The van der Waals surface area contributed by atoms with Crippen LogP contribution in [-0.2, 0) is 4.79 Å². The molecule has 1 aliphatic carbocycles. The van der Waals surface area contributed by atoms with Crippen molar-refractivity contribution in [1.29, 1.82) is 0 Å². The number of hydrogen-bond donors (Lipinski definition) is 1. The Labute approximate surface area is 119 Å². The maximum atomic E-state index is 13.0. The molecule has 0 bridgehead atoms. The van der Waals surface area contributed by atoms with Crippen LogP contribution < -0.4 is 5.32 Å². The molecule has 3 nitrogen and oxygen atoms in total. The molecule has 3 rings (SSSR count). The molecule has 1 N–H and O–H groups in total. The number of halogens is 1. The fourth-order valence-electron chi connectivity index (χ4n) is 2.98.